The van der Waals surface area contributed by atoms with E-state index >= 15 is 0 Å². The number of aryl methyl sites for hydroxylation is 1. The van der Waals surface area contributed by atoms with Gasteiger partial charge < -0.3 is 20.1 Å². The van der Waals surface area contributed by atoms with Gasteiger partial charge in [-0.15, -0.1) is 0 Å². The van der Waals surface area contributed by atoms with Crippen molar-refractivity contribution in [1.29, 1.82) is 0 Å². The fraction of sp³-hybridized carbons (Fsp3) is 0.300. The molecule has 8 heteroatoms. The molecular weight excluding hydrogens is 403 g/mol. The van der Waals surface area contributed by atoms with Crippen LogP contribution in [-0.4, -0.2) is 38.1 Å². The summed E-state index contributed by atoms with van der Waals surface area (Å²) in [6.45, 7) is 2.31. The van der Waals surface area contributed by atoms with Gasteiger partial charge in [0.1, 0.15) is 11.5 Å². The third kappa shape index (κ3) is 7.29. The summed E-state index contributed by atoms with van der Waals surface area (Å²) < 4.78 is 10.9. The molecule has 0 unspecified atom stereocenters. The Morgan fingerprint density at radius 3 is 2.11 bits per heavy atom. The van der Waals surface area contributed by atoms with Gasteiger partial charge in [-0.2, -0.15) is 0 Å². The standard InChI is InChI=1S/C20H22Cl2N2O4/c1-2-14-5-3-4-6-17(14)27-12-19(25)23-9-10-24-20(26)13-28-18-8-7-15(21)11-16(18)22/h3-8,11H,2,9-10,12-13H2,1H3,(H,23,25)(H,24,26). The molecule has 0 atom stereocenters. The lowest BCUT2D eigenvalue weighted by molar-refractivity contribution is -0.124. The van der Waals surface area contributed by atoms with Crippen molar-refractivity contribution < 1.29 is 19.1 Å². The third-order valence-electron chi connectivity index (χ3n) is 3.73. The molecule has 0 aliphatic heterocycles. The molecule has 0 radical (unpaired) electrons. The highest BCUT2D eigenvalue weighted by atomic mass is 35.5. The van der Waals surface area contributed by atoms with Crippen LogP contribution in [0.25, 0.3) is 0 Å². The topological polar surface area (TPSA) is 76.7 Å². The van der Waals surface area contributed by atoms with E-state index in [0.717, 1.165) is 12.0 Å². The number of rotatable bonds is 10. The van der Waals surface area contributed by atoms with Gasteiger partial charge in [0, 0.05) is 18.1 Å². The number of carbonyl (C=O) groups excluding carboxylic acids is 2. The normalized spacial score (nSPS) is 10.2. The molecule has 0 saturated carbocycles. The summed E-state index contributed by atoms with van der Waals surface area (Å²) >= 11 is 11.8. The molecule has 6 nitrogen and oxygen atoms in total. The number of hydrogen-bond donors (Lipinski definition) is 2. The first-order valence-corrected chi connectivity index (χ1v) is 9.57. The molecular formula is C20H22Cl2N2O4. The monoisotopic (exact) mass is 424 g/mol. The predicted octanol–water partition coefficient (Wildman–Crippen LogP) is 3.25. The van der Waals surface area contributed by atoms with Crippen LogP contribution in [-0.2, 0) is 16.0 Å². The molecule has 0 aliphatic carbocycles. The maximum Gasteiger partial charge on any atom is 0.258 e. The molecule has 0 aromatic heterocycles. The second kappa shape index (κ2) is 11.4. The van der Waals surface area contributed by atoms with E-state index < -0.39 is 0 Å². The van der Waals surface area contributed by atoms with Crippen molar-refractivity contribution in [1.82, 2.24) is 10.6 Å². The first-order valence-electron chi connectivity index (χ1n) is 8.81. The van der Waals surface area contributed by atoms with Crippen LogP contribution in [0.5, 0.6) is 11.5 Å². The summed E-state index contributed by atoms with van der Waals surface area (Å²) in [5.74, 6) is 0.489. The predicted molar refractivity (Wildman–Crippen MR) is 109 cm³/mol. The van der Waals surface area contributed by atoms with Gasteiger partial charge in [0.15, 0.2) is 13.2 Å². The van der Waals surface area contributed by atoms with Crippen molar-refractivity contribution in [2.24, 2.45) is 0 Å². The molecule has 2 amide bonds. The second-order valence-corrected chi connectivity index (χ2v) is 6.66. The lowest BCUT2D eigenvalue weighted by atomic mass is 10.1. The van der Waals surface area contributed by atoms with Gasteiger partial charge in [0.2, 0.25) is 0 Å². The van der Waals surface area contributed by atoms with Gasteiger partial charge in [-0.25, -0.2) is 0 Å². The number of benzene rings is 2. The van der Waals surface area contributed by atoms with E-state index in [1.165, 1.54) is 6.07 Å². The number of ether oxygens (including phenoxy) is 2. The van der Waals surface area contributed by atoms with Crippen LogP contribution in [0.1, 0.15) is 12.5 Å². The molecule has 0 fully saturated rings. The van der Waals surface area contributed by atoms with Crippen molar-refractivity contribution in [2.45, 2.75) is 13.3 Å². The van der Waals surface area contributed by atoms with Crippen molar-refractivity contribution in [3.05, 3.63) is 58.1 Å². The molecule has 0 saturated heterocycles. The Labute approximate surface area is 174 Å². The SMILES string of the molecule is CCc1ccccc1OCC(=O)NCCNC(=O)COc1ccc(Cl)cc1Cl. The van der Waals surface area contributed by atoms with E-state index in [4.69, 9.17) is 32.7 Å². The second-order valence-electron chi connectivity index (χ2n) is 5.81. The van der Waals surface area contributed by atoms with Crippen LogP contribution >= 0.6 is 23.2 Å². The minimum Gasteiger partial charge on any atom is -0.483 e. The summed E-state index contributed by atoms with van der Waals surface area (Å²) in [5, 5.41) is 6.14. The minimum atomic E-state index is -0.326. The Hall–Kier alpha value is -2.44. The van der Waals surface area contributed by atoms with Crippen molar-refractivity contribution in [3.63, 3.8) is 0 Å². The molecule has 0 spiro atoms. The Balaban J connectivity index is 1.61. The number of halogens is 2. The number of para-hydroxylation sites is 1. The van der Waals surface area contributed by atoms with Crippen molar-refractivity contribution >= 4 is 35.0 Å². The average molecular weight is 425 g/mol. The van der Waals surface area contributed by atoms with E-state index in [-0.39, 0.29) is 38.1 Å². The van der Waals surface area contributed by atoms with Gasteiger partial charge in [-0.05, 0) is 36.2 Å². The van der Waals surface area contributed by atoms with E-state index in [2.05, 4.69) is 10.6 Å². The Kier molecular flexibility index (Phi) is 8.91. The average Bonchev–Trinajstić information content (AvgIpc) is 2.69. The maximum atomic E-state index is 11.8. The molecule has 0 bridgehead atoms. The largest absolute Gasteiger partial charge is 0.483 e. The number of amides is 2. The van der Waals surface area contributed by atoms with Crippen LogP contribution < -0.4 is 20.1 Å². The summed E-state index contributed by atoms with van der Waals surface area (Å²) in [7, 11) is 0. The molecule has 0 aliphatic rings. The van der Waals surface area contributed by atoms with Crippen LogP contribution in [0.4, 0.5) is 0 Å². The van der Waals surface area contributed by atoms with Crippen LogP contribution in [0.3, 0.4) is 0 Å². The summed E-state index contributed by atoms with van der Waals surface area (Å²) in [4.78, 5) is 23.6. The molecule has 2 rings (SSSR count). The fourth-order valence-electron chi connectivity index (χ4n) is 2.32. The number of hydrogen-bond acceptors (Lipinski definition) is 4. The van der Waals surface area contributed by atoms with Crippen LogP contribution in [0.15, 0.2) is 42.5 Å². The van der Waals surface area contributed by atoms with E-state index in [1.54, 1.807) is 12.1 Å². The van der Waals surface area contributed by atoms with Gasteiger partial charge in [0.05, 0.1) is 5.02 Å². The number of carbonyl (C=O) groups is 2. The van der Waals surface area contributed by atoms with Crippen molar-refractivity contribution in [3.8, 4) is 11.5 Å². The lowest BCUT2D eigenvalue weighted by Crippen LogP contribution is -2.38. The first kappa shape index (κ1) is 21.9. The maximum absolute atomic E-state index is 11.8. The van der Waals surface area contributed by atoms with Crippen LogP contribution in [0.2, 0.25) is 10.0 Å². The molecule has 2 N–H and O–H groups in total. The summed E-state index contributed by atoms with van der Waals surface area (Å²) in [6.07, 6.45) is 0.827. The minimum absolute atomic E-state index is 0.0802. The van der Waals surface area contributed by atoms with E-state index in [1.807, 2.05) is 31.2 Å². The Morgan fingerprint density at radius 1 is 0.893 bits per heavy atom. The van der Waals surface area contributed by atoms with E-state index in [9.17, 15) is 9.59 Å². The van der Waals surface area contributed by atoms with Gasteiger partial charge in [-0.1, -0.05) is 48.3 Å². The van der Waals surface area contributed by atoms with Crippen molar-refractivity contribution in [2.75, 3.05) is 26.3 Å². The molecule has 2 aromatic rings. The van der Waals surface area contributed by atoms with E-state index in [0.29, 0.717) is 21.5 Å². The highest BCUT2D eigenvalue weighted by molar-refractivity contribution is 6.35. The zero-order chi connectivity index (χ0) is 20.4. The summed E-state index contributed by atoms with van der Waals surface area (Å²) in [5.41, 5.74) is 1.04. The molecule has 150 valence electrons. The highest BCUT2D eigenvalue weighted by Gasteiger charge is 2.08. The van der Waals surface area contributed by atoms with Crippen LogP contribution in [0, 0.1) is 0 Å². The Morgan fingerprint density at radius 2 is 1.50 bits per heavy atom. The quantitative estimate of drug-likeness (QED) is 0.573. The number of nitrogens with one attached hydrogen (secondary N) is 2. The third-order valence-corrected chi connectivity index (χ3v) is 4.26. The molecule has 0 heterocycles. The fourth-order valence-corrected chi connectivity index (χ4v) is 2.78. The smallest absolute Gasteiger partial charge is 0.258 e. The molecule has 28 heavy (non-hydrogen) atoms. The van der Waals surface area contributed by atoms with Gasteiger partial charge in [-0.3, -0.25) is 9.59 Å². The van der Waals surface area contributed by atoms with Gasteiger partial charge in [0.25, 0.3) is 11.8 Å². The van der Waals surface area contributed by atoms with Gasteiger partial charge >= 0.3 is 0 Å². The first-order chi connectivity index (χ1) is 13.5. The summed E-state index contributed by atoms with van der Waals surface area (Å²) in [6, 6.07) is 12.3. The zero-order valence-corrected chi connectivity index (χ0v) is 17.0. The zero-order valence-electron chi connectivity index (χ0n) is 15.5. The Bertz CT molecular complexity index is 815. The molecule has 2 aromatic carbocycles. The lowest BCUT2D eigenvalue weighted by Gasteiger charge is -2.11. The highest BCUT2D eigenvalue weighted by Crippen LogP contribution is 2.27.